The first-order valence-electron chi connectivity index (χ1n) is 9.33. The maximum Gasteiger partial charge on any atom is 0.254 e. The van der Waals surface area contributed by atoms with Gasteiger partial charge in [-0.15, -0.1) is 10.2 Å². The Morgan fingerprint density at radius 3 is 2.63 bits per heavy atom. The topological polar surface area (TPSA) is 73.0 Å². The molecule has 0 atom stereocenters. The minimum absolute atomic E-state index is 0.219. The van der Waals surface area contributed by atoms with Crippen molar-refractivity contribution in [3.63, 3.8) is 0 Å². The summed E-state index contributed by atoms with van der Waals surface area (Å²) in [5.74, 6) is 1.13. The average Bonchev–Trinajstić information content (AvgIpc) is 3.43. The van der Waals surface area contributed by atoms with Crippen LogP contribution in [0.2, 0.25) is 5.02 Å². The number of amides is 1. The molecule has 2 aromatic carbocycles. The minimum atomic E-state index is -0.219. The summed E-state index contributed by atoms with van der Waals surface area (Å²) in [7, 11) is 0. The zero-order chi connectivity index (χ0) is 20.8. The molecule has 0 saturated carbocycles. The summed E-state index contributed by atoms with van der Waals surface area (Å²) < 4.78 is 6.99. The van der Waals surface area contributed by atoms with E-state index in [1.165, 1.54) is 12.5 Å². The van der Waals surface area contributed by atoms with Crippen LogP contribution in [-0.2, 0) is 18.8 Å². The van der Waals surface area contributed by atoms with Crippen LogP contribution in [0.1, 0.15) is 27.3 Å². The maximum absolute atomic E-state index is 12.3. The molecule has 0 unspecified atom stereocenters. The van der Waals surface area contributed by atoms with Gasteiger partial charge in [-0.1, -0.05) is 71.9 Å². The Morgan fingerprint density at radius 1 is 1.07 bits per heavy atom. The van der Waals surface area contributed by atoms with Crippen molar-refractivity contribution in [1.29, 1.82) is 0 Å². The van der Waals surface area contributed by atoms with Crippen molar-refractivity contribution in [2.24, 2.45) is 0 Å². The van der Waals surface area contributed by atoms with E-state index in [2.05, 4.69) is 27.6 Å². The van der Waals surface area contributed by atoms with Crippen LogP contribution in [0.15, 0.2) is 82.8 Å². The zero-order valence-electron chi connectivity index (χ0n) is 16.0. The first kappa shape index (κ1) is 20.3. The second kappa shape index (κ2) is 9.65. The summed E-state index contributed by atoms with van der Waals surface area (Å²) >= 11 is 7.85. The van der Waals surface area contributed by atoms with Crippen molar-refractivity contribution in [1.82, 2.24) is 20.1 Å². The molecule has 0 radical (unpaired) electrons. The molecule has 0 fully saturated rings. The van der Waals surface area contributed by atoms with Gasteiger partial charge in [0.15, 0.2) is 11.0 Å². The fourth-order valence-corrected chi connectivity index (χ4v) is 4.14. The molecule has 0 aliphatic heterocycles. The van der Waals surface area contributed by atoms with E-state index < -0.39 is 0 Å². The van der Waals surface area contributed by atoms with E-state index in [0.717, 1.165) is 21.3 Å². The van der Waals surface area contributed by atoms with Gasteiger partial charge in [-0.05, 0) is 23.3 Å². The number of furan rings is 1. The highest BCUT2D eigenvalue weighted by molar-refractivity contribution is 7.98. The Labute approximate surface area is 183 Å². The Kier molecular flexibility index (Phi) is 6.51. The third-order valence-electron chi connectivity index (χ3n) is 4.48. The summed E-state index contributed by atoms with van der Waals surface area (Å²) in [6.07, 6.45) is 2.88. The Morgan fingerprint density at radius 2 is 1.87 bits per heavy atom. The first-order chi connectivity index (χ1) is 14.7. The van der Waals surface area contributed by atoms with Gasteiger partial charge in [-0.2, -0.15) is 0 Å². The smallest absolute Gasteiger partial charge is 0.254 e. The summed E-state index contributed by atoms with van der Waals surface area (Å²) in [5.41, 5.74) is 2.63. The van der Waals surface area contributed by atoms with E-state index in [9.17, 15) is 4.79 Å². The molecule has 4 rings (SSSR count). The Balaban J connectivity index is 1.53. The van der Waals surface area contributed by atoms with Gasteiger partial charge >= 0.3 is 0 Å². The largest absolute Gasteiger partial charge is 0.472 e. The standard InChI is InChI=1S/C22H19ClN4O2S/c23-19-9-5-4-8-18(19)15-30-22-26-25-20(12-24-21(28)17-10-11-29-14-17)27(22)13-16-6-2-1-3-7-16/h1-11,14H,12-13,15H2,(H,24,28). The molecule has 0 aliphatic carbocycles. The van der Waals surface area contributed by atoms with Gasteiger partial charge in [0.1, 0.15) is 6.26 Å². The van der Waals surface area contributed by atoms with Gasteiger partial charge in [0.25, 0.3) is 5.91 Å². The molecule has 2 aromatic heterocycles. The zero-order valence-corrected chi connectivity index (χ0v) is 17.6. The molecule has 1 N–H and O–H groups in total. The molecule has 4 aromatic rings. The van der Waals surface area contributed by atoms with Gasteiger partial charge in [0.2, 0.25) is 0 Å². The van der Waals surface area contributed by atoms with Crippen LogP contribution in [0.3, 0.4) is 0 Å². The summed E-state index contributed by atoms with van der Waals surface area (Å²) in [6, 6.07) is 19.5. The molecule has 1 amide bonds. The molecule has 6 nitrogen and oxygen atoms in total. The third kappa shape index (κ3) is 4.93. The summed E-state index contributed by atoms with van der Waals surface area (Å²) in [6.45, 7) is 0.867. The second-order valence-corrected chi connectivity index (χ2v) is 7.90. The number of benzene rings is 2. The lowest BCUT2D eigenvalue weighted by molar-refractivity contribution is 0.0949. The van der Waals surface area contributed by atoms with Gasteiger partial charge in [0.05, 0.1) is 24.9 Å². The third-order valence-corrected chi connectivity index (χ3v) is 5.87. The number of thioether (sulfide) groups is 1. The van der Waals surface area contributed by atoms with E-state index in [4.69, 9.17) is 16.0 Å². The number of hydrogen-bond acceptors (Lipinski definition) is 5. The lowest BCUT2D eigenvalue weighted by Crippen LogP contribution is -2.24. The normalized spacial score (nSPS) is 10.8. The number of carbonyl (C=O) groups is 1. The van der Waals surface area contributed by atoms with Gasteiger partial charge < -0.3 is 14.3 Å². The fraction of sp³-hybridized carbons (Fsp3) is 0.136. The average molecular weight is 439 g/mol. The molecule has 0 saturated heterocycles. The lowest BCUT2D eigenvalue weighted by Gasteiger charge is -2.11. The van der Waals surface area contributed by atoms with Crippen molar-refractivity contribution < 1.29 is 9.21 Å². The fourth-order valence-electron chi connectivity index (χ4n) is 2.89. The van der Waals surface area contributed by atoms with E-state index >= 15 is 0 Å². The quantitative estimate of drug-likeness (QED) is 0.400. The number of rotatable bonds is 8. The summed E-state index contributed by atoms with van der Waals surface area (Å²) in [5, 5.41) is 13.1. The van der Waals surface area contributed by atoms with Crippen molar-refractivity contribution in [3.8, 4) is 0 Å². The first-order valence-corrected chi connectivity index (χ1v) is 10.7. The lowest BCUT2D eigenvalue weighted by atomic mass is 10.2. The highest BCUT2D eigenvalue weighted by Gasteiger charge is 2.15. The molecule has 0 bridgehead atoms. The van der Waals surface area contributed by atoms with E-state index in [1.807, 2.05) is 47.0 Å². The molecule has 0 spiro atoms. The van der Waals surface area contributed by atoms with Crippen molar-refractivity contribution >= 4 is 29.3 Å². The number of carbonyl (C=O) groups excluding carboxylic acids is 1. The highest BCUT2D eigenvalue weighted by atomic mass is 35.5. The SMILES string of the molecule is O=C(NCc1nnc(SCc2ccccc2Cl)n1Cc1ccccc1)c1ccoc1. The second-order valence-electron chi connectivity index (χ2n) is 6.55. The molecule has 0 aliphatic rings. The molecular weight excluding hydrogens is 420 g/mol. The van der Waals surface area contributed by atoms with Gasteiger partial charge in [0, 0.05) is 10.8 Å². The molecule has 2 heterocycles. The molecular formula is C22H19ClN4O2S. The number of aromatic nitrogens is 3. The molecule has 8 heteroatoms. The van der Waals surface area contributed by atoms with Crippen LogP contribution >= 0.6 is 23.4 Å². The van der Waals surface area contributed by atoms with Crippen LogP contribution in [-0.4, -0.2) is 20.7 Å². The molecule has 152 valence electrons. The predicted molar refractivity (Wildman–Crippen MR) is 116 cm³/mol. The van der Waals surface area contributed by atoms with Crippen LogP contribution in [0, 0.1) is 0 Å². The number of nitrogens with one attached hydrogen (secondary N) is 1. The van der Waals surface area contributed by atoms with Crippen LogP contribution in [0.5, 0.6) is 0 Å². The molecule has 30 heavy (non-hydrogen) atoms. The van der Waals surface area contributed by atoms with Crippen LogP contribution in [0.4, 0.5) is 0 Å². The number of hydrogen-bond donors (Lipinski definition) is 1. The van der Waals surface area contributed by atoms with Gasteiger partial charge in [-0.25, -0.2) is 0 Å². The van der Waals surface area contributed by atoms with Gasteiger partial charge in [-0.3, -0.25) is 4.79 Å². The van der Waals surface area contributed by atoms with Crippen LogP contribution in [0.25, 0.3) is 0 Å². The summed E-state index contributed by atoms with van der Waals surface area (Å²) in [4.78, 5) is 12.3. The Bertz CT molecular complexity index is 1110. The van der Waals surface area contributed by atoms with E-state index in [-0.39, 0.29) is 12.5 Å². The van der Waals surface area contributed by atoms with E-state index in [1.54, 1.807) is 17.8 Å². The van der Waals surface area contributed by atoms with Crippen LogP contribution < -0.4 is 5.32 Å². The number of halogens is 1. The predicted octanol–water partition coefficient (Wildman–Crippen LogP) is 4.80. The Hall–Kier alpha value is -3.03. The monoisotopic (exact) mass is 438 g/mol. The minimum Gasteiger partial charge on any atom is -0.472 e. The maximum atomic E-state index is 12.3. The van der Waals surface area contributed by atoms with Crippen molar-refractivity contribution in [2.75, 3.05) is 0 Å². The van der Waals surface area contributed by atoms with Crippen molar-refractivity contribution in [3.05, 3.63) is 101 Å². The van der Waals surface area contributed by atoms with E-state index in [0.29, 0.717) is 23.7 Å². The number of nitrogens with zero attached hydrogens (tertiary/aromatic N) is 3. The van der Waals surface area contributed by atoms with Crippen molar-refractivity contribution in [2.45, 2.75) is 24.0 Å². The highest BCUT2D eigenvalue weighted by Crippen LogP contribution is 2.26.